The predicted octanol–water partition coefficient (Wildman–Crippen LogP) is -0.158. The van der Waals surface area contributed by atoms with E-state index >= 15 is 0 Å². The Morgan fingerprint density at radius 3 is 1.83 bits per heavy atom. The summed E-state index contributed by atoms with van der Waals surface area (Å²) in [6, 6.07) is 5.22. The van der Waals surface area contributed by atoms with Crippen molar-refractivity contribution in [3.8, 4) is 0 Å². The van der Waals surface area contributed by atoms with Crippen LogP contribution in [0.5, 0.6) is 0 Å². The second-order valence-electron chi connectivity index (χ2n) is 3.21. The van der Waals surface area contributed by atoms with Crippen molar-refractivity contribution in [2.45, 2.75) is 18.7 Å². The van der Waals surface area contributed by atoms with E-state index in [2.05, 4.69) is 0 Å². The van der Waals surface area contributed by atoms with Gasteiger partial charge in [0.1, 0.15) is 0 Å². The van der Waals surface area contributed by atoms with Gasteiger partial charge in [-0.15, -0.1) is 0 Å². The second kappa shape index (κ2) is 6.93. The van der Waals surface area contributed by atoms with Gasteiger partial charge >= 0.3 is 17.9 Å². The molecule has 10 heteroatoms. The number of hydrogen-bond acceptors (Lipinski definition) is 3. The summed E-state index contributed by atoms with van der Waals surface area (Å²) >= 11 is 0. The molecule has 1 aromatic rings. The molecule has 1 aromatic heterocycles. The summed E-state index contributed by atoms with van der Waals surface area (Å²) < 4.78 is 41.0. The minimum Gasteiger partial charge on any atom is -0.303 e. The molecule has 0 fully saturated rings. The van der Waals surface area contributed by atoms with Crippen LogP contribution in [0.15, 0.2) is 30.6 Å². The van der Waals surface area contributed by atoms with Crippen LogP contribution in [-0.4, -0.2) is 27.7 Å². The lowest BCUT2D eigenvalue weighted by atomic mass is 10.4. The molecule has 0 aliphatic heterocycles. The molecule has 18 heavy (non-hydrogen) atoms. The van der Waals surface area contributed by atoms with Crippen LogP contribution in [-0.2, 0) is 14.7 Å². The Morgan fingerprint density at radius 2 is 1.56 bits per heavy atom. The van der Waals surface area contributed by atoms with Crippen molar-refractivity contribution in [3.05, 3.63) is 30.6 Å². The van der Waals surface area contributed by atoms with Gasteiger partial charge in [-0.3, -0.25) is 4.55 Å². The van der Waals surface area contributed by atoms with Crippen LogP contribution in [0.3, 0.4) is 0 Å². The second-order valence-corrected chi connectivity index (χ2v) is 5.81. The van der Waals surface area contributed by atoms with E-state index in [1.807, 2.05) is 0 Å². The van der Waals surface area contributed by atoms with Gasteiger partial charge in [0.25, 0.3) is 5.37 Å². The molecule has 0 amide bonds. The van der Waals surface area contributed by atoms with E-state index in [1.54, 1.807) is 37.5 Å². The first-order valence-corrected chi connectivity index (χ1v) is 7.83. The minimum absolute atomic E-state index is 0.341. The largest absolute Gasteiger partial charge is 0.466 e. The van der Waals surface area contributed by atoms with E-state index in [4.69, 9.17) is 23.8 Å². The molecule has 0 aromatic carbocycles. The molecule has 0 saturated heterocycles. The van der Waals surface area contributed by atoms with E-state index in [-0.39, 0.29) is 0 Å². The van der Waals surface area contributed by atoms with E-state index < -0.39 is 23.3 Å². The highest BCUT2D eigenvalue weighted by Crippen LogP contribution is 2.25. The third-order valence-corrected chi connectivity index (χ3v) is 3.03. The zero-order valence-electron chi connectivity index (χ0n) is 9.49. The van der Waals surface area contributed by atoms with Gasteiger partial charge in [-0.05, 0) is 0 Å². The highest BCUT2D eigenvalue weighted by molar-refractivity contribution is 7.85. The van der Waals surface area contributed by atoms with Gasteiger partial charge in [0.05, 0.1) is 0 Å². The van der Waals surface area contributed by atoms with Crippen molar-refractivity contribution in [2.75, 3.05) is 0 Å². The Kier molecular flexibility index (Phi) is 6.61. The highest BCUT2D eigenvalue weighted by atomic mass is 32.2. The average Bonchev–Trinajstić information content (AvgIpc) is 2.15. The molecule has 0 spiro atoms. The Labute approximate surface area is 105 Å². The monoisotopic (exact) mass is 300 g/mol. The number of phosphoric acid groups is 1. The van der Waals surface area contributed by atoms with Crippen molar-refractivity contribution in [3.63, 3.8) is 0 Å². The zero-order chi connectivity index (χ0) is 14.4. The lowest BCUT2D eigenvalue weighted by molar-refractivity contribution is -0.702. The molecule has 1 unspecified atom stereocenters. The molecule has 0 radical (unpaired) electrons. The maximum atomic E-state index is 10.9. The summed E-state index contributed by atoms with van der Waals surface area (Å²) in [4.78, 5) is 21.6. The maximum absolute atomic E-state index is 10.9. The van der Waals surface area contributed by atoms with E-state index in [9.17, 15) is 8.42 Å². The number of nitrogens with zero attached hydrogens (tertiary/aromatic N) is 1. The topological polar surface area (TPSA) is 136 Å². The summed E-state index contributed by atoms with van der Waals surface area (Å²) in [6.07, 6.45) is 3.57. The molecule has 1 heterocycles. The molecule has 0 bridgehead atoms. The summed E-state index contributed by atoms with van der Waals surface area (Å²) in [5.41, 5.74) is 0. The smallest absolute Gasteiger partial charge is 0.303 e. The van der Waals surface area contributed by atoms with Gasteiger partial charge in [0.15, 0.2) is 12.4 Å². The predicted molar refractivity (Wildman–Crippen MR) is 61.8 cm³/mol. The van der Waals surface area contributed by atoms with Gasteiger partial charge < -0.3 is 14.7 Å². The van der Waals surface area contributed by atoms with Crippen molar-refractivity contribution < 1.29 is 36.8 Å². The maximum Gasteiger partial charge on any atom is 0.466 e. The van der Waals surface area contributed by atoms with Gasteiger partial charge in [0.2, 0.25) is 0 Å². The van der Waals surface area contributed by atoms with Gasteiger partial charge in [0, 0.05) is 18.6 Å². The molecule has 1 rings (SSSR count). The molecule has 0 aliphatic carbocycles. The van der Waals surface area contributed by atoms with E-state index in [0.717, 1.165) is 0 Å². The fraction of sp³-hybridized carbons (Fsp3) is 0.375. The lowest BCUT2D eigenvalue weighted by Gasteiger charge is -2.05. The number of pyridine rings is 1. The first kappa shape index (κ1) is 17.2. The first-order chi connectivity index (χ1) is 8.05. The fourth-order valence-corrected chi connectivity index (χ4v) is 2.05. The molecular formula is C8H15NO7PS+. The zero-order valence-corrected chi connectivity index (χ0v) is 11.2. The third-order valence-electron chi connectivity index (χ3n) is 1.76. The molecule has 0 saturated carbocycles. The first-order valence-electron chi connectivity index (χ1n) is 4.76. The van der Waals surface area contributed by atoms with Gasteiger partial charge in [-0.2, -0.15) is 13.0 Å². The van der Waals surface area contributed by atoms with Crippen LogP contribution in [0.25, 0.3) is 0 Å². The summed E-state index contributed by atoms with van der Waals surface area (Å²) in [6.45, 7) is 1.71. The van der Waals surface area contributed by atoms with Crippen LogP contribution < -0.4 is 4.57 Å². The molecule has 0 aliphatic rings. The van der Waals surface area contributed by atoms with Crippen molar-refractivity contribution in [2.24, 2.45) is 0 Å². The van der Waals surface area contributed by atoms with Gasteiger partial charge in [-0.1, -0.05) is 13.0 Å². The van der Waals surface area contributed by atoms with Crippen LogP contribution in [0.2, 0.25) is 0 Å². The molecule has 8 nitrogen and oxygen atoms in total. The third kappa shape index (κ3) is 8.29. The number of aromatic nitrogens is 1. The Bertz CT molecular complexity index is 489. The minimum atomic E-state index is -4.64. The normalized spacial score (nSPS) is 13.4. The van der Waals surface area contributed by atoms with Crippen molar-refractivity contribution in [1.82, 2.24) is 0 Å². The molecule has 4 N–H and O–H groups in total. The molecule has 1 atom stereocenters. The van der Waals surface area contributed by atoms with Gasteiger partial charge in [-0.25, -0.2) is 4.57 Å². The van der Waals surface area contributed by atoms with Crippen molar-refractivity contribution in [1.29, 1.82) is 0 Å². The SMILES string of the molecule is CCC([n+]1ccccc1)S(=O)(=O)O.O=P(O)(O)O. The van der Waals surface area contributed by atoms with Crippen LogP contribution in [0.4, 0.5) is 0 Å². The summed E-state index contributed by atoms with van der Waals surface area (Å²) in [5.74, 6) is 0. The summed E-state index contributed by atoms with van der Waals surface area (Å²) in [7, 11) is -8.64. The quantitative estimate of drug-likeness (QED) is 0.346. The Hall–Kier alpha value is -0.830. The Balaban J connectivity index is 0.000000494. The fourth-order valence-electron chi connectivity index (χ4n) is 1.18. The van der Waals surface area contributed by atoms with E-state index in [1.165, 1.54) is 4.57 Å². The number of hydrogen-bond donors (Lipinski definition) is 4. The highest BCUT2D eigenvalue weighted by Gasteiger charge is 2.29. The number of rotatable bonds is 3. The average molecular weight is 300 g/mol. The van der Waals surface area contributed by atoms with Crippen molar-refractivity contribution >= 4 is 17.9 Å². The molecular weight excluding hydrogens is 285 g/mol. The standard InChI is InChI=1S/C8H11NO3S.H3O4P/c1-2-8(13(10,11)12)9-6-4-3-5-7-9;1-5(2,3)4/h3-8H,2H2,1H3;(H3,1,2,3,4)/p+1. The Morgan fingerprint density at radius 1 is 1.17 bits per heavy atom. The van der Waals surface area contributed by atoms with E-state index in [0.29, 0.717) is 6.42 Å². The lowest BCUT2D eigenvalue weighted by Crippen LogP contribution is -2.42. The van der Waals surface area contributed by atoms with Crippen LogP contribution in [0, 0.1) is 0 Å². The molecule has 104 valence electrons. The van der Waals surface area contributed by atoms with Crippen LogP contribution in [0.1, 0.15) is 18.7 Å². The summed E-state index contributed by atoms with van der Waals surface area (Å²) in [5, 5.41) is -0.881. The van der Waals surface area contributed by atoms with Crippen LogP contribution >= 0.6 is 7.82 Å².